The summed E-state index contributed by atoms with van der Waals surface area (Å²) in [6.45, 7) is 2.57. The van der Waals surface area contributed by atoms with Gasteiger partial charge >= 0.3 is 0 Å². The molecule has 0 aliphatic carbocycles. The number of benzene rings is 2. The number of amides is 2. The lowest BCUT2D eigenvalue weighted by Gasteiger charge is -2.06. The Labute approximate surface area is 209 Å². The molecule has 0 saturated heterocycles. The molecule has 2 aliphatic heterocycles. The molecule has 5 N–H and O–H groups in total. The fourth-order valence-electron chi connectivity index (χ4n) is 3.17. The van der Waals surface area contributed by atoms with E-state index in [9.17, 15) is 9.59 Å². The summed E-state index contributed by atoms with van der Waals surface area (Å²) in [7, 11) is 0. The zero-order valence-electron chi connectivity index (χ0n) is 18.9. The quantitative estimate of drug-likeness (QED) is 0.326. The van der Waals surface area contributed by atoms with Gasteiger partial charge in [0.25, 0.3) is 0 Å². The van der Waals surface area contributed by atoms with Gasteiger partial charge < -0.3 is 40.4 Å². The molecule has 2 heterocycles. The van der Waals surface area contributed by atoms with Gasteiger partial charge in [0.15, 0.2) is 23.0 Å². The molecule has 188 valence electrons. The Morgan fingerprint density at radius 1 is 0.686 bits per heavy atom. The van der Waals surface area contributed by atoms with Gasteiger partial charge in [-0.2, -0.15) is 0 Å². The molecule has 0 spiro atoms. The summed E-state index contributed by atoms with van der Waals surface area (Å²) >= 11 is 0. The number of hydrogen-bond donors (Lipinski definition) is 3. The number of carbonyl (C=O) groups is 2. The summed E-state index contributed by atoms with van der Waals surface area (Å²) in [4.78, 5) is 23.8. The predicted octanol–water partition coefficient (Wildman–Crippen LogP) is 1.29. The van der Waals surface area contributed by atoms with E-state index < -0.39 is 0 Å². The minimum atomic E-state index is -0.184. The molecule has 0 bridgehead atoms. The van der Waals surface area contributed by atoms with E-state index in [4.69, 9.17) is 18.9 Å². The van der Waals surface area contributed by atoms with Gasteiger partial charge in [0.1, 0.15) is 0 Å². The molecule has 2 aromatic rings. The molecule has 2 aliphatic rings. The summed E-state index contributed by atoms with van der Waals surface area (Å²) in [5, 5.41) is 8.76. The maximum Gasteiger partial charge on any atom is 0.244 e. The highest BCUT2D eigenvalue weighted by Gasteiger charge is 2.13. The Balaban J connectivity index is 0.00000216. The highest BCUT2D eigenvalue weighted by molar-refractivity contribution is 5.92. The van der Waals surface area contributed by atoms with Crippen LogP contribution in [0.4, 0.5) is 0 Å². The Morgan fingerprint density at radius 3 is 1.57 bits per heavy atom. The van der Waals surface area contributed by atoms with Crippen LogP contribution in [0.3, 0.4) is 0 Å². The van der Waals surface area contributed by atoms with Gasteiger partial charge in [0.2, 0.25) is 25.4 Å². The van der Waals surface area contributed by atoms with Crippen molar-refractivity contribution >= 4 is 36.4 Å². The van der Waals surface area contributed by atoms with Crippen molar-refractivity contribution in [2.24, 2.45) is 0 Å². The number of nitrogens with one attached hydrogen (secondary N) is 3. The third-order valence-corrected chi connectivity index (χ3v) is 4.85. The van der Waals surface area contributed by atoms with Crippen LogP contribution in [0.25, 0.3) is 12.2 Å². The second kappa shape index (κ2) is 13.9. The van der Waals surface area contributed by atoms with Crippen molar-refractivity contribution in [3.63, 3.8) is 0 Å². The second-order valence-corrected chi connectivity index (χ2v) is 7.22. The fourth-order valence-corrected chi connectivity index (χ4v) is 3.17. The van der Waals surface area contributed by atoms with Gasteiger partial charge in [-0.05, 0) is 47.5 Å². The van der Waals surface area contributed by atoms with Crippen molar-refractivity contribution in [3.8, 4) is 23.0 Å². The Hall–Kier alpha value is -3.73. The first-order valence-electron chi connectivity index (χ1n) is 10.6. The van der Waals surface area contributed by atoms with Crippen LogP contribution in [0, 0.1) is 0 Å². The molecular weight excluding hydrogens is 478 g/mol. The number of carbonyl (C=O) groups excluding carboxylic acids is 2. The van der Waals surface area contributed by atoms with Crippen molar-refractivity contribution in [1.82, 2.24) is 16.0 Å². The maximum atomic E-state index is 11.9. The zero-order chi connectivity index (χ0) is 22.9. The fraction of sp³-hybridized carbons (Fsp3) is 0.250. The second-order valence-electron chi connectivity index (χ2n) is 7.22. The zero-order valence-corrected chi connectivity index (χ0v) is 19.7. The van der Waals surface area contributed by atoms with Crippen molar-refractivity contribution in [1.29, 1.82) is 0 Å². The van der Waals surface area contributed by atoms with Crippen molar-refractivity contribution in [2.75, 3.05) is 39.8 Å². The van der Waals surface area contributed by atoms with E-state index >= 15 is 0 Å². The lowest BCUT2D eigenvalue weighted by molar-refractivity contribution is -0.117. The molecule has 0 atom stereocenters. The van der Waals surface area contributed by atoms with Crippen molar-refractivity contribution < 1.29 is 34.0 Å². The SMILES string of the molecule is Cl.O.O=C(/C=C/c1ccc2c(c1)OCO2)NCCNCCNC(=O)/C=C/c1ccc2c(c1)OCO2. The molecule has 0 saturated carbocycles. The first-order valence-corrected chi connectivity index (χ1v) is 10.6. The van der Waals surface area contributed by atoms with Gasteiger partial charge in [0, 0.05) is 38.3 Å². The molecule has 10 nitrogen and oxygen atoms in total. The predicted molar refractivity (Wildman–Crippen MR) is 133 cm³/mol. The average molecular weight is 506 g/mol. The highest BCUT2D eigenvalue weighted by Crippen LogP contribution is 2.33. The lowest BCUT2D eigenvalue weighted by Crippen LogP contribution is -2.35. The smallest absolute Gasteiger partial charge is 0.244 e. The summed E-state index contributed by atoms with van der Waals surface area (Å²) in [6, 6.07) is 11.0. The molecule has 2 aromatic carbocycles. The number of halogens is 1. The Bertz CT molecular complexity index is 992. The van der Waals surface area contributed by atoms with Crippen LogP contribution in [0.5, 0.6) is 23.0 Å². The molecule has 4 rings (SSSR count). The average Bonchev–Trinajstić information content (AvgIpc) is 3.49. The van der Waals surface area contributed by atoms with E-state index in [1.54, 1.807) is 12.2 Å². The number of ether oxygens (including phenoxy) is 4. The Kier molecular flexibility index (Phi) is 10.9. The highest BCUT2D eigenvalue weighted by atomic mass is 35.5. The maximum absolute atomic E-state index is 11.9. The van der Waals surface area contributed by atoms with Gasteiger partial charge in [-0.25, -0.2) is 0 Å². The van der Waals surface area contributed by atoms with E-state index in [1.807, 2.05) is 36.4 Å². The topological polar surface area (TPSA) is 139 Å². The molecule has 0 fully saturated rings. The van der Waals surface area contributed by atoms with Crippen LogP contribution in [-0.4, -0.2) is 57.1 Å². The molecule has 0 aromatic heterocycles. The Morgan fingerprint density at radius 2 is 1.11 bits per heavy atom. The minimum absolute atomic E-state index is 0. The first-order chi connectivity index (χ1) is 16.2. The van der Waals surface area contributed by atoms with Gasteiger partial charge in [0.05, 0.1) is 0 Å². The first kappa shape index (κ1) is 27.5. The van der Waals surface area contributed by atoms with Crippen molar-refractivity contribution in [3.05, 3.63) is 59.7 Å². The third-order valence-electron chi connectivity index (χ3n) is 4.85. The number of hydrogen-bond acceptors (Lipinski definition) is 7. The standard InChI is InChI=1S/C24H25N3O6.ClH.H2O/c28-23(7-3-17-1-5-19-21(13-17)32-15-30-19)26-11-9-25-10-12-27-24(29)8-4-18-2-6-20-22(14-18)33-16-31-20;;/h1-8,13-14,25H,9-12,15-16H2,(H,26,28)(H,27,29);1H;1H2/b7-3+,8-4+;;. The lowest BCUT2D eigenvalue weighted by atomic mass is 10.2. The van der Waals surface area contributed by atoms with Crippen LogP contribution in [0.15, 0.2) is 48.6 Å². The minimum Gasteiger partial charge on any atom is -0.454 e. The van der Waals surface area contributed by atoms with Crippen LogP contribution in [-0.2, 0) is 9.59 Å². The molecule has 11 heteroatoms. The van der Waals surface area contributed by atoms with Gasteiger partial charge in [-0.15, -0.1) is 12.4 Å². The molecular formula is C24H28ClN3O7. The van der Waals surface area contributed by atoms with E-state index in [-0.39, 0.29) is 43.3 Å². The summed E-state index contributed by atoms with van der Waals surface area (Å²) in [5.74, 6) is 2.40. The molecule has 35 heavy (non-hydrogen) atoms. The molecule has 2 amide bonds. The monoisotopic (exact) mass is 505 g/mol. The van der Waals surface area contributed by atoms with Crippen LogP contribution < -0.4 is 34.9 Å². The normalized spacial score (nSPS) is 12.8. The number of rotatable bonds is 10. The van der Waals surface area contributed by atoms with Crippen molar-refractivity contribution in [2.45, 2.75) is 0 Å². The van der Waals surface area contributed by atoms with Gasteiger partial charge in [-0.3, -0.25) is 9.59 Å². The van der Waals surface area contributed by atoms with E-state index in [0.29, 0.717) is 49.2 Å². The largest absolute Gasteiger partial charge is 0.454 e. The number of fused-ring (bicyclic) bond motifs is 2. The van der Waals surface area contributed by atoms with E-state index in [2.05, 4.69) is 16.0 Å². The van der Waals surface area contributed by atoms with Crippen LogP contribution in [0.2, 0.25) is 0 Å². The van der Waals surface area contributed by atoms with E-state index in [1.165, 1.54) is 12.2 Å². The molecule has 0 unspecified atom stereocenters. The summed E-state index contributed by atoms with van der Waals surface area (Å²) in [6.07, 6.45) is 6.39. The molecule has 0 radical (unpaired) electrons. The van der Waals surface area contributed by atoms with Gasteiger partial charge in [-0.1, -0.05) is 12.1 Å². The van der Waals surface area contributed by atoms with E-state index in [0.717, 1.165) is 11.1 Å². The van der Waals surface area contributed by atoms with Crippen LogP contribution in [0.1, 0.15) is 11.1 Å². The summed E-state index contributed by atoms with van der Waals surface area (Å²) < 4.78 is 21.2. The summed E-state index contributed by atoms with van der Waals surface area (Å²) in [5.41, 5.74) is 1.71. The van der Waals surface area contributed by atoms with Crippen LogP contribution >= 0.6 is 12.4 Å². The third kappa shape index (κ3) is 8.21.